The monoisotopic (exact) mass is 519 g/mol. The maximum atomic E-state index is 13.4. The number of hydrogen-bond donors (Lipinski definition) is 4. The van der Waals surface area contributed by atoms with Crippen molar-refractivity contribution >= 4 is 15.7 Å². The van der Waals surface area contributed by atoms with E-state index in [4.69, 9.17) is 10.5 Å². The molecule has 1 unspecified atom stereocenters. The smallest absolute Gasteiger partial charge is 0.237 e. The van der Waals surface area contributed by atoms with E-state index in [0.29, 0.717) is 12.2 Å². The van der Waals surface area contributed by atoms with Crippen LogP contribution >= 0.6 is 0 Å². The van der Waals surface area contributed by atoms with E-state index in [1.165, 1.54) is 19.2 Å². The zero-order chi connectivity index (χ0) is 26.9. The maximum Gasteiger partial charge on any atom is 0.237 e. The van der Waals surface area contributed by atoms with E-state index in [1.807, 2.05) is 44.2 Å². The number of methoxy groups -OCH3 is 1. The lowest BCUT2D eigenvalue weighted by Gasteiger charge is -2.29. The zero-order valence-corrected chi connectivity index (χ0v) is 22.7. The van der Waals surface area contributed by atoms with E-state index in [-0.39, 0.29) is 29.2 Å². The van der Waals surface area contributed by atoms with E-state index in [2.05, 4.69) is 10.6 Å². The van der Waals surface area contributed by atoms with Crippen molar-refractivity contribution < 1.29 is 23.1 Å². The molecule has 0 saturated heterocycles. The van der Waals surface area contributed by atoms with Gasteiger partial charge in [0.15, 0.2) is 9.84 Å². The third-order valence-corrected chi connectivity index (χ3v) is 8.82. The van der Waals surface area contributed by atoms with Gasteiger partial charge in [-0.3, -0.25) is 10.1 Å². The highest BCUT2D eigenvalue weighted by atomic mass is 32.2. The Hall–Kier alpha value is -2.46. The van der Waals surface area contributed by atoms with Gasteiger partial charge in [-0.25, -0.2) is 8.42 Å². The van der Waals surface area contributed by atoms with Crippen molar-refractivity contribution in [1.82, 2.24) is 10.6 Å². The number of ether oxygens (including phenoxy) is 1. The second-order valence-corrected chi connectivity index (χ2v) is 11.6. The second kappa shape index (κ2) is 13.7. The lowest BCUT2D eigenvalue weighted by atomic mass is 9.97. The fourth-order valence-electron chi connectivity index (χ4n) is 3.94. The van der Waals surface area contributed by atoms with E-state index in [0.717, 1.165) is 12.0 Å². The minimum Gasteiger partial charge on any atom is -0.497 e. The van der Waals surface area contributed by atoms with E-state index >= 15 is 0 Å². The molecular weight excluding hydrogens is 478 g/mol. The summed E-state index contributed by atoms with van der Waals surface area (Å²) < 4.78 is 31.8. The maximum absolute atomic E-state index is 13.4. The SMILES string of the molecule is CC[C@H](C)[C@H](N)C(=O)N[C@@H](Cc1ccccc1)[C@H](O)CNC(C(C)C)S(=O)(=O)c1ccc(OC)cc1. The van der Waals surface area contributed by atoms with Gasteiger partial charge in [0.1, 0.15) is 11.1 Å². The standard InChI is InChI=1S/C27H41N3O5S/c1-6-19(4)25(28)26(32)30-23(16-20-10-8-7-9-11-20)24(31)17-29-27(18(2)3)36(33,34)22-14-12-21(35-5)13-15-22/h7-15,18-19,23-25,27,29,31H,6,16-17,28H2,1-5H3,(H,30,32)/t19-,23-,24+,25-,27?/m0/s1. The summed E-state index contributed by atoms with van der Waals surface area (Å²) in [6, 6.07) is 14.4. The van der Waals surface area contributed by atoms with Crippen LogP contribution in [0, 0.1) is 11.8 Å². The molecule has 0 heterocycles. The number of aliphatic hydroxyl groups is 1. The molecule has 2 rings (SSSR count). The van der Waals surface area contributed by atoms with Crippen molar-refractivity contribution in [2.45, 2.75) is 69.0 Å². The number of aliphatic hydroxyl groups excluding tert-OH is 1. The topological polar surface area (TPSA) is 131 Å². The number of nitrogens with one attached hydrogen (secondary N) is 2. The molecule has 2 aromatic rings. The number of amides is 1. The first-order valence-electron chi connectivity index (χ1n) is 12.4. The van der Waals surface area contributed by atoms with Gasteiger partial charge in [0, 0.05) is 6.54 Å². The van der Waals surface area contributed by atoms with Crippen molar-refractivity contribution in [3.05, 3.63) is 60.2 Å². The summed E-state index contributed by atoms with van der Waals surface area (Å²) in [4.78, 5) is 13.0. The molecule has 0 aliphatic heterocycles. The molecule has 0 aliphatic rings. The predicted molar refractivity (Wildman–Crippen MR) is 142 cm³/mol. The highest BCUT2D eigenvalue weighted by Crippen LogP contribution is 2.22. The van der Waals surface area contributed by atoms with Gasteiger partial charge in [-0.15, -0.1) is 0 Å². The number of carbonyl (C=O) groups excluding carboxylic acids is 1. The molecule has 8 nitrogen and oxygen atoms in total. The molecule has 0 fully saturated rings. The highest BCUT2D eigenvalue weighted by molar-refractivity contribution is 7.92. The van der Waals surface area contributed by atoms with E-state index in [9.17, 15) is 18.3 Å². The Morgan fingerprint density at radius 2 is 1.67 bits per heavy atom. The normalized spacial score (nSPS) is 16.1. The Kier molecular flexibility index (Phi) is 11.4. The van der Waals surface area contributed by atoms with Crippen LogP contribution in [0.25, 0.3) is 0 Å². The Morgan fingerprint density at radius 3 is 2.19 bits per heavy atom. The van der Waals surface area contributed by atoms with Crippen LogP contribution in [0.15, 0.2) is 59.5 Å². The molecule has 0 aliphatic carbocycles. The first kappa shape index (κ1) is 29.8. The highest BCUT2D eigenvalue weighted by Gasteiger charge is 2.32. The molecule has 200 valence electrons. The summed E-state index contributed by atoms with van der Waals surface area (Å²) in [5.74, 6) is -0.0629. The third-order valence-electron chi connectivity index (χ3n) is 6.51. The Morgan fingerprint density at radius 1 is 1.06 bits per heavy atom. The van der Waals surface area contributed by atoms with Crippen LogP contribution in [-0.2, 0) is 21.1 Å². The largest absolute Gasteiger partial charge is 0.497 e. The minimum absolute atomic E-state index is 0.0161. The number of benzene rings is 2. The molecule has 0 saturated carbocycles. The lowest BCUT2D eigenvalue weighted by Crippen LogP contribution is -2.55. The number of carbonyl (C=O) groups is 1. The summed E-state index contributed by atoms with van der Waals surface area (Å²) in [6.07, 6.45) is 0.0762. The number of nitrogens with two attached hydrogens (primary N) is 1. The summed E-state index contributed by atoms with van der Waals surface area (Å²) in [7, 11) is -2.22. The first-order chi connectivity index (χ1) is 17.0. The molecule has 0 spiro atoms. The fourth-order valence-corrected chi connectivity index (χ4v) is 5.78. The van der Waals surface area contributed by atoms with Gasteiger partial charge in [-0.1, -0.05) is 64.4 Å². The van der Waals surface area contributed by atoms with Gasteiger partial charge < -0.3 is 20.9 Å². The number of hydrogen-bond acceptors (Lipinski definition) is 7. The summed E-state index contributed by atoms with van der Waals surface area (Å²) in [5, 5.41) is 16.1. The fraction of sp³-hybridized carbons (Fsp3) is 0.519. The third kappa shape index (κ3) is 8.03. The quantitative estimate of drug-likeness (QED) is 0.302. The number of sulfone groups is 1. The van der Waals surface area contributed by atoms with Gasteiger partial charge in [-0.05, 0) is 48.1 Å². The first-order valence-corrected chi connectivity index (χ1v) is 13.9. The van der Waals surface area contributed by atoms with Gasteiger partial charge in [0.2, 0.25) is 5.91 Å². The molecule has 0 aromatic heterocycles. The molecule has 2 aromatic carbocycles. The van der Waals surface area contributed by atoms with Crippen LogP contribution < -0.4 is 21.1 Å². The van der Waals surface area contributed by atoms with Crippen molar-refractivity contribution in [3.63, 3.8) is 0 Å². The molecule has 5 atom stereocenters. The van der Waals surface area contributed by atoms with Crippen LogP contribution in [0.5, 0.6) is 5.75 Å². The molecule has 1 amide bonds. The van der Waals surface area contributed by atoms with Gasteiger partial charge >= 0.3 is 0 Å². The molecule has 36 heavy (non-hydrogen) atoms. The van der Waals surface area contributed by atoms with Crippen LogP contribution in [0.1, 0.15) is 39.7 Å². The average Bonchev–Trinajstić information content (AvgIpc) is 2.87. The van der Waals surface area contributed by atoms with E-state index in [1.54, 1.807) is 26.0 Å². The molecule has 5 N–H and O–H groups in total. The number of rotatable bonds is 14. The van der Waals surface area contributed by atoms with Gasteiger partial charge in [0.05, 0.1) is 30.2 Å². The van der Waals surface area contributed by atoms with Crippen molar-refractivity contribution in [2.24, 2.45) is 17.6 Å². The van der Waals surface area contributed by atoms with E-state index < -0.39 is 33.4 Å². The minimum atomic E-state index is -3.74. The summed E-state index contributed by atoms with van der Waals surface area (Å²) in [5.41, 5.74) is 7.06. The molecule has 0 bridgehead atoms. The average molecular weight is 520 g/mol. The van der Waals surface area contributed by atoms with Crippen LogP contribution in [0.2, 0.25) is 0 Å². The Bertz CT molecular complexity index is 1040. The van der Waals surface area contributed by atoms with Crippen LogP contribution in [0.3, 0.4) is 0 Å². The molecule has 0 radical (unpaired) electrons. The molecule has 9 heteroatoms. The van der Waals surface area contributed by atoms with Crippen molar-refractivity contribution in [3.8, 4) is 5.75 Å². The van der Waals surface area contributed by atoms with Crippen LogP contribution in [0.4, 0.5) is 0 Å². The van der Waals surface area contributed by atoms with Crippen molar-refractivity contribution in [2.75, 3.05) is 13.7 Å². The van der Waals surface area contributed by atoms with Gasteiger partial charge in [0.25, 0.3) is 0 Å². The second-order valence-electron chi connectivity index (χ2n) is 9.58. The van der Waals surface area contributed by atoms with Crippen LogP contribution in [-0.4, -0.2) is 56.6 Å². The Labute approximate surface area is 215 Å². The zero-order valence-electron chi connectivity index (χ0n) is 21.8. The summed E-state index contributed by atoms with van der Waals surface area (Å²) >= 11 is 0. The van der Waals surface area contributed by atoms with Gasteiger partial charge in [-0.2, -0.15) is 0 Å². The predicted octanol–water partition coefficient (Wildman–Crippen LogP) is 2.50. The summed E-state index contributed by atoms with van der Waals surface area (Å²) in [6.45, 7) is 7.45. The molecular formula is C27H41N3O5S. The van der Waals surface area contributed by atoms with Crippen molar-refractivity contribution in [1.29, 1.82) is 0 Å². The Balaban J connectivity index is 2.20. The lowest BCUT2D eigenvalue weighted by molar-refractivity contribution is -0.125.